The second kappa shape index (κ2) is 16.4. The van der Waals surface area contributed by atoms with Gasteiger partial charge < -0.3 is 0 Å². The molecule has 13 valence electrons. The topological polar surface area (TPSA) is 0 Å². The second-order valence-electron chi connectivity index (χ2n) is 0. The minimum absolute atomic E-state index is 0. The van der Waals surface area contributed by atoms with Crippen LogP contribution in [0.2, 0.25) is 0 Å². The van der Waals surface area contributed by atoms with Gasteiger partial charge in [0, 0.05) is 36.8 Å². The Morgan fingerprint density at radius 3 is 1.00 bits per heavy atom. The zero-order valence-corrected chi connectivity index (χ0v) is 5.41. The van der Waals surface area contributed by atoms with E-state index >= 15 is 0 Å². The van der Waals surface area contributed by atoms with E-state index in [4.69, 9.17) is 0 Å². The van der Waals surface area contributed by atoms with Crippen LogP contribution in [0.15, 0.2) is 0 Å². The summed E-state index contributed by atoms with van der Waals surface area (Å²) in [5.41, 5.74) is 0. The summed E-state index contributed by atoms with van der Waals surface area (Å²) in [6.45, 7) is 0. The molecule has 0 unspecified atom stereocenters. The zero-order valence-electron chi connectivity index (χ0n) is 1.28. The Labute approximate surface area is 95.5 Å². The van der Waals surface area contributed by atoms with Crippen molar-refractivity contribution in [3.63, 3.8) is 0 Å². The molecule has 0 N–H and O–H groups in total. The van der Waals surface area contributed by atoms with Crippen molar-refractivity contribution in [2.24, 2.45) is 0 Å². The van der Waals surface area contributed by atoms with Crippen LogP contribution >= 0.6 is 0 Å². The molecule has 0 aromatic carbocycles. The first kappa shape index (κ1) is 27.1. The van der Waals surface area contributed by atoms with Gasteiger partial charge in [-0.2, -0.15) is 0 Å². The van der Waals surface area contributed by atoms with Crippen LogP contribution in [0.1, 0.15) is 0 Å². The van der Waals surface area contributed by atoms with E-state index in [0.717, 1.165) is 0 Å². The van der Waals surface area contributed by atoms with Crippen molar-refractivity contribution in [2.45, 2.75) is 0 Å². The fraction of sp³-hybridized carbons (Fsp3) is 0. The molecule has 0 aromatic heterocycles. The van der Waals surface area contributed by atoms with Crippen molar-refractivity contribution in [2.75, 3.05) is 0 Å². The fourth-order valence-corrected chi connectivity index (χ4v) is 0. The van der Waals surface area contributed by atoms with Crippen molar-refractivity contribution in [1.82, 2.24) is 0 Å². The molecule has 0 aliphatic carbocycles. The molecular formula is H4AlCaMgZn. The Bertz CT molecular complexity index is 8.00. The number of hydrogen-bond acceptors (Lipinski definition) is 0. The van der Waals surface area contributed by atoms with Gasteiger partial charge in [-0.25, -0.2) is 0 Å². The van der Waals surface area contributed by atoms with Gasteiger partial charge >= 0.3 is 60.8 Å². The standard InChI is InChI=1S/Al.Ca.Mg.Zn.4H. The van der Waals surface area contributed by atoms with Crippen LogP contribution in [-0.4, -0.2) is 78.2 Å². The second-order valence-corrected chi connectivity index (χ2v) is 0. The van der Waals surface area contributed by atoms with Crippen molar-refractivity contribution in [3.05, 3.63) is 0 Å². The molecule has 4 heteroatoms. The van der Waals surface area contributed by atoms with Crippen LogP contribution < -0.4 is 0 Å². The van der Waals surface area contributed by atoms with E-state index in [0.29, 0.717) is 0 Å². The van der Waals surface area contributed by atoms with E-state index in [1.807, 2.05) is 0 Å². The van der Waals surface area contributed by atoms with Crippen LogP contribution in [0, 0.1) is 0 Å². The summed E-state index contributed by atoms with van der Waals surface area (Å²) in [5, 5.41) is 0. The maximum Gasteiger partial charge on any atom is 0.316 e. The summed E-state index contributed by atoms with van der Waals surface area (Å²) in [6.07, 6.45) is 0. The normalized spacial score (nSPS) is 0. The first-order chi connectivity index (χ1) is 0. The minimum Gasteiger partial charge on any atom is 0 e. The third-order valence-electron chi connectivity index (χ3n) is 0. The van der Waals surface area contributed by atoms with Gasteiger partial charge in [0.1, 0.15) is 0 Å². The summed E-state index contributed by atoms with van der Waals surface area (Å²) in [4.78, 5) is 0. The SMILES string of the molecule is [Al].[CaH2].[MgH2].[Zn]. The predicted octanol–water partition coefficient (Wildman–Crippen LogP) is -2.22. The van der Waals surface area contributed by atoms with Gasteiger partial charge in [0.15, 0.2) is 0 Å². The molecule has 0 heterocycles. The maximum atomic E-state index is 0. The van der Waals surface area contributed by atoms with Crippen molar-refractivity contribution in [1.29, 1.82) is 0 Å². The van der Waals surface area contributed by atoms with Gasteiger partial charge in [0.2, 0.25) is 0 Å². The molecular weight excluding hydrogens is 157 g/mol. The molecule has 0 saturated heterocycles. The molecule has 0 fully saturated rings. The molecule has 4 heavy (non-hydrogen) atoms. The molecule has 0 rings (SSSR count). The zero-order chi connectivity index (χ0) is 0. The molecule has 0 atom stereocenters. The maximum absolute atomic E-state index is 0. The van der Waals surface area contributed by atoms with Gasteiger partial charge in [-0.3, -0.25) is 0 Å². The van der Waals surface area contributed by atoms with E-state index in [2.05, 4.69) is 0 Å². The fourth-order valence-electron chi connectivity index (χ4n) is 0. The first-order valence-corrected chi connectivity index (χ1v) is 0. The summed E-state index contributed by atoms with van der Waals surface area (Å²) < 4.78 is 0. The smallest absolute Gasteiger partial charge is 0 e. The third-order valence-corrected chi connectivity index (χ3v) is 0. The van der Waals surface area contributed by atoms with Crippen LogP contribution in [-0.2, 0) is 19.5 Å². The Morgan fingerprint density at radius 1 is 1.00 bits per heavy atom. The van der Waals surface area contributed by atoms with E-state index in [-0.39, 0.29) is 97.6 Å². The Hall–Kier alpha value is 3.18. The number of hydrogen-bond donors (Lipinski definition) is 0. The largest absolute Gasteiger partial charge is 0.316 e. The average molecular weight is 161 g/mol. The van der Waals surface area contributed by atoms with Crippen molar-refractivity contribution >= 4 is 78.2 Å². The molecule has 0 amide bonds. The molecule has 0 spiro atoms. The summed E-state index contributed by atoms with van der Waals surface area (Å²) in [6, 6.07) is 0. The predicted molar refractivity (Wildman–Crippen MR) is 22.8 cm³/mol. The first-order valence-electron chi connectivity index (χ1n) is 0. The van der Waals surface area contributed by atoms with Gasteiger partial charge in [0.25, 0.3) is 0 Å². The van der Waals surface area contributed by atoms with Crippen LogP contribution in [0.25, 0.3) is 0 Å². The van der Waals surface area contributed by atoms with Crippen LogP contribution in [0.3, 0.4) is 0 Å². The van der Waals surface area contributed by atoms with E-state index < -0.39 is 0 Å². The minimum atomic E-state index is 0. The van der Waals surface area contributed by atoms with E-state index in [1.54, 1.807) is 0 Å². The number of rotatable bonds is 0. The molecule has 0 aromatic rings. The Balaban J connectivity index is 0. The Kier molecular flexibility index (Phi) is 111. The van der Waals surface area contributed by atoms with E-state index in [9.17, 15) is 0 Å². The van der Waals surface area contributed by atoms with Crippen molar-refractivity contribution < 1.29 is 19.5 Å². The molecule has 0 nitrogen and oxygen atoms in total. The monoisotopic (exact) mass is 159 g/mol. The summed E-state index contributed by atoms with van der Waals surface area (Å²) in [7, 11) is 0. The quantitative estimate of drug-likeness (QED) is 0.353. The van der Waals surface area contributed by atoms with Gasteiger partial charge in [-0.15, -0.1) is 0 Å². The van der Waals surface area contributed by atoms with Gasteiger partial charge in [-0.05, 0) is 0 Å². The van der Waals surface area contributed by atoms with Crippen LogP contribution in [0.4, 0.5) is 0 Å². The molecule has 0 aliphatic rings. The van der Waals surface area contributed by atoms with Crippen molar-refractivity contribution in [3.8, 4) is 0 Å². The summed E-state index contributed by atoms with van der Waals surface area (Å²) >= 11 is 0. The summed E-state index contributed by atoms with van der Waals surface area (Å²) in [5.74, 6) is 0. The van der Waals surface area contributed by atoms with Gasteiger partial charge in [0.05, 0.1) is 0 Å². The Morgan fingerprint density at radius 2 is 1.00 bits per heavy atom. The average Bonchev–Trinajstić information content (AvgIpc) is 0. The molecule has 3 radical (unpaired) electrons. The molecule has 0 aliphatic heterocycles. The molecule has 0 bridgehead atoms. The van der Waals surface area contributed by atoms with Gasteiger partial charge in [-0.1, -0.05) is 0 Å². The molecule has 0 saturated carbocycles. The van der Waals surface area contributed by atoms with E-state index in [1.165, 1.54) is 0 Å². The van der Waals surface area contributed by atoms with Crippen LogP contribution in [0.5, 0.6) is 0 Å². The third kappa shape index (κ3) is 8.95.